The Labute approximate surface area is 153 Å². The number of thiocarbonyl (C=S) groups is 1. The molecule has 0 bridgehead atoms. The average Bonchev–Trinajstić information content (AvgIpc) is 2.60. The molecule has 0 unspecified atom stereocenters. The van der Waals surface area contributed by atoms with E-state index in [2.05, 4.69) is 5.32 Å². The van der Waals surface area contributed by atoms with E-state index in [1.165, 1.54) is 35.2 Å². The van der Waals surface area contributed by atoms with Crippen molar-refractivity contribution in [3.63, 3.8) is 0 Å². The summed E-state index contributed by atoms with van der Waals surface area (Å²) in [7, 11) is 0. The van der Waals surface area contributed by atoms with Crippen molar-refractivity contribution in [2.75, 3.05) is 11.2 Å². The smallest absolute Gasteiger partial charge is 0.270 e. The van der Waals surface area contributed by atoms with Crippen LogP contribution < -0.4 is 10.2 Å². The average molecular weight is 372 g/mol. The summed E-state index contributed by atoms with van der Waals surface area (Å²) >= 11 is 6.70. The molecule has 1 N–H and O–H groups in total. The highest BCUT2D eigenvalue weighted by Crippen LogP contribution is 2.23. The Kier molecular flexibility index (Phi) is 4.96. The summed E-state index contributed by atoms with van der Waals surface area (Å²) in [6.45, 7) is 0. The van der Waals surface area contributed by atoms with Gasteiger partial charge in [0.25, 0.3) is 11.8 Å². The van der Waals surface area contributed by atoms with E-state index in [1.807, 2.05) is 30.5 Å². The molecule has 1 fully saturated rings. The molecule has 2 amide bonds. The Morgan fingerprint density at radius 1 is 1.08 bits per heavy atom. The second-order valence-corrected chi connectivity index (χ2v) is 6.47. The zero-order chi connectivity index (χ0) is 18.0. The van der Waals surface area contributed by atoms with Crippen molar-refractivity contribution in [3.05, 3.63) is 65.5 Å². The summed E-state index contributed by atoms with van der Waals surface area (Å²) in [5, 5.41) is 2.47. The number of thioether (sulfide) groups is 1. The first-order valence-corrected chi connectivity index (χ1v) is 8.94. The third-order valence-corrected chi connectivity index (χ3v) is 4.64. The second-order valence-electron chi connectivity index (χ2n) is 5.21. The molecular weight excluding hydrogens is 359 g/mol. The van der Waals surface area contributed by atoms with Gasteiger partial charge in [-0.25, -0.2) is 4.39 Å². The molecule has 0 atom stereocenters. The van der Waals surface area contributed by atoms with Crippen molar-refractivity contribution in [1.82, 2.24) is 5.32 Å². The van der Waals surface area contributed by atoms with E-state index in [0.717, 1.165) is 10.5 Å². The SMILES string of the molecule is CSc1ccc(C=C2C(=O)NC(=S)N(c3ccc(F)cc3)C2=O)cc1. The molecule has 7 heteroatoms. The molecule has 0 saturated carbocycles. The van der Waals surface area contributed by atoms with Crippen LogP contribution in [0.3, 0.4) is 0 Å². The van der Waals surface area contributed by atoms with Gasteiger partial charge in [-0.3, -0.25) is 19.8 Å². The number of amides is 2. The largest absolute Gasteiger partial charge is 0.298 e. The molecule has 4 nitrogen and oxygen atoms in total. The van der Waals surface area contributed by atoms with E-state index in [4.69, 9.17) is 12.2 Å². The standard InChI is InChI=1S/C18H13FN2O2S2/c1-25-14-8-2-11(3-9-14)10-15-16(22)20-18(24)21(17(15)23)13-6-4-12(19)5-7-13/h2-10H,1H3,(H,20,22,24). The fourth-order valence-electron chi connectivity index (χ4n) is 2.35. The van der Waals surface area contributed by atoms with Crippen molar-refractivity contribution >= 4 is 52.7 Å². The fourth-order valence-corrected chi connectivity index (χ4v) is 3.04. The first-order chi connectivity index (χ1) is 12.0. The van der Waals surface area contributed by atoms with Gasteiger partial charge in [0.1, 0.15) is 11.4 Å². The van der Waals surface area contributed by atoms with Crippen LogP contribution in [0.2, 0.25) is 0 Å². The molecule has 0 radical (unpaired) electrons. The van der Waals surface area contributed by atoms with Gasteiger partial charge in [0.05, 0.1) is 5.69 Å². The van der Waals surface area contributed by atoms with Gasteiger partial charge in [0, 0.05) is 4.90 Å². The maximum atomic E-state index is 13.1. The highest BCUT2D eigenvalue weighted by atomic mass is 32.2. The van der Waals surface area contributed by atoms with E-state index in [0.29, 0.717) is 5.69 Å². The summed E-state index contributed by atoms with van der Waals surface area (Å²) in [5.41, 5.74) is 1.08. The number of anilines is 1. The van der Waals surface area contributed by atoms with Crippen molar-refractivity contribution in [3.8, 4) is 0 Å². The molecule has 1 aliphatic rings. The van der Waals surface area contributed by atoms with E-state index in [1.54, 1.807) is 11.8 Å². The number of halogens is 1. The summed E-state index contributed by atoms with van der Waals surface area (Å²) in [4.78, 5) is 27.2. The van der Waals surface area contributed by atoms with E-state index in [-0.39, 0.29) is 10.7 Å². The molecule has 2 aromatic carbocycles. The monoisotopic (exact) mass is 372 g/mol. The fraction of sp³-hybridized carbons (Fsp3) is 0.0556. The molecule has 0 aromatic heterocycles. The Balaban J connectivity index is 1.97. The third-order valence-electron chi connectivity index (χ3n) is 3.61. The highest BCUT2D eigenvalue weighted by Gasteiger charge is 2.34. The third kappa shape index (κ3) is 3.62. The summed E-state index contributed by atoms with van der Waals surface area (Å²) in [5.74, 6) is -1.52. The number of carbonyl (C=O) groups is 2. The van der Waals surface area contributed by atoms with Crippen LogP contribution in [-0.4, -0.2) is 23.2 Å². The molecule has 2 aromatic rings. The first kappa shape index (κ1) is 17.3. The molecule has 0 spiro atoms. The first-order valence-electron chi connectivity index (χ1n) is 7.30. The van der Waals surface area contributed by atoms with Crippen LogP contribution in [0.25, 0.3) is 6.08 Å². The molecule has 0 aliphatic carbocycles. The number of carbonyl (C=O) groups excluding carboxylic acids is 2. The number of nitrogens with one attached hydrogen (secondary N) is 1. The van der Waals surface area contributed by atoms with E-state index < -0.39 is 17.6 Å². The number of hydrogen-bond donors (Lipinski definition) is 1. The predicted molar refractivity (Wildman–Crippen MR) is 101 cm³/mol. The molecule has 1 heterocycles. The lowest BCUT2D eigenvalue weighted by Crippen LogP contribution is -2.54. The Bertz CT molecular complexity index is 877. The number of rotatable bonds is 3. The Hall–Kier alpha value is -2.51. The zero-order valence-electron chi connectivity index (χ0n) is 13.2. The Morgan fingerprint density at radius 3 is 2.32 bits per heavy atom. The van der Waals surface area contributed by atoms with Crippen LogP contribution in [0.15, 0.2) is 59.0 Å². The lowest BCUT2D eigenvalue weighted by atomic mass is 10.1. The Morgan fingerprint density at radius 2 is 1.72 bits per heavy atom. The zero-order valence-corrected chi connectivity index (χ0v) is 14.8. The van der Waals surface area contributed by atoms with Crippen LogP contribution in [0, 0.1) is 5.82 Å². The number of nitrogens with zero attached hydrogens (tertiary/aromatic N) is 1. The second kappa shape index (κ2) is 7.16. The summed E-state index contributed by atoms with van der Waals surface area (Å²) < 4.78 is 13.1. The van der Waals surface area contributed by atoms with Gasteiger partial charge in [-0.1, -0.05) is 12.1 Å². The van der Waals surface area contributed by atoms with Crippen molar-refractivity contribution in [2.45, 2.75) is 4.90 Å². The highest BCUT2D eigenvalue weighted by molar-refractivity contribution is 7.98. The normalized spacial score (nSPS) is 16.3. The van der Waals surface area contributed by atoms with Crippen molar-refractivity contribution in [2.24, 2.45) is 0 Å². The molecule has 126 valence electrons. The molecule has 25 heavy (non-hydrogen) atoms. The minimum absolute atomic E-state index is 0.0310. The summed E-state index contributed by atoms with van der Waals surface area (Å²) in [6, 6.07) is 12.8. The van der Waals surface area contributed by atoms with Crippen molar-refractivity contribution < 1.29 is 14.0 Å². The van der Waals surface area contributed by atoms with Crippen LogP contribution in [0.4, 0.5) is 10.1 Å². The van der Waals surface area contributed by atoms with Gasteiger partial charge in [-0.2, -0.15) is 0 Å². The maximum Gasteiger partial charge on any atom is 0.270 e. The molecular formula is C18H13FN2O2S2. The predicted octanol–water partition coefficient (Wildman–Crippen LogP) is 3.38. The lowest BCUT2D eigenvalue weighted by molar-refractivity contribution is -0.122. The molecule has 1 aliphatic heterocycles. The minimum atomic E-state index is -0.553. The van der Waals surface area contributed by atoms with Crippen LogP contribution in [-0.2, 0) is 9.59 Å². The number of benzene rings is 2. The van der Waals surface area contributed by atoms with Crippen LogP contribution >= 0.6 is 24.0 Å². The van der Waals surface area contributed by atoms with Gasteiger partial charge in [0.2, 0.25) is 0 Å². The quantitative estimate of drug-likeness (QED) is 0.388. The molecule has 3 rings (SSSR count). The van der Waals surface area contributed by atoms with Gasteiger partial charge in [-0.15, -0.1) is 11.8 Å². The van der Waals surface area contributed by atoms with Crippen molar-refractivity contribution in [1.29, 1.82) is 0 Å². The van der Waals surface area contributed by atoms with Gasteiger partial charge in [0.15, 0.2) is 5.11 Å². The number of hydrogen-bond acceptors (Lipinski definition) is 4. The van der Waals surface area contributed by atoms with Gasteiger partial charge >= 0.3 is 0 Å². The molecule has 1 saturated heterocycles. The topological polar surface area (TPSA) is 49.4 Å². The summed E-state index contributed by atoms with van der Waals surface area (Å²) in [6.07, 6.45) is 3.48. The van der Waals surface area contributed by atoms with Gasteiger partial charge < -0.3 is 0 Å². The van der Waals surface area contributed by atoms with E-state index >= 15 is 0 Å². The van der Waals surface area contributed by atoms with E-state index in [9.17, 15) is 14.0 Å². The van der Waals surface area contributed by atoms with Crippen LogP contribution in [0.5, 0.6) is 0 Å². The minimum Gasteiger partial charge on any atom is -0.298 e. The van der Waals surface area contributed by atoms with Gasteiger partial charge in [-0.05, 0) is 66.5 Å². The lowest BCUT2D eigenvalue weighted by Gasteiger charge is -2.28. The van der Waals surface area contributed by atoms with Crippen LogP contribution in [0.1, 0.15) is 5.56 Å². The maximum absolute atomic E-state index is 13.1.